The zero-order valence-corrected chi connectivity index (χ0v) is 33.8. The number of methoxy groups -OCH3 is 2. The van der Waals surface area contributed by atoms with Crippen molar-refractivity contribution in [3.63, 3.8) is 0 Å². The molecule has 10 heteroatoms. The monoisotopic (exact) mass is 762 g/mol. The molecule has 5 rings (SSSR count). The number of carbonyl (C=O) groups is 4. The molecule has 0 heterocycles. The predicted molar refractivity (Wildman–Crippen MR) is 225 cm³/mol. The lowest BCUT2D eigenvalue weighted by Gasteiger charge is -2.28. The molecule has 0 saturated heterocycles. The van der Waals surface area contributed by atoms with Gasteiger partial charge >= 0.3 is 0 Å². The first-order chi connectivity index (χ1) is 26.9. The van der Waals surface area contributed by atoms with Crippen LogP contribution in [0.15, 0.2) is 133 Å². The largest absolute Gasteiger partial charge is 0.497 e. The van der Waals surface area contributed by atoms with Crippen molar-refractivity contribution in [1.29, 1.82) is 0 Å². The molecule has 1 aliphatic carbocycles. The fraction of sp³-hybridized carbons (Fsp3) is 0.304. The van der Waals surface area contributed by atoms with E-state index in [1.807, 2.05) is 137 Å². The number of anilines is 1. The van der Waals surface area contributed by atoms with Crippen LogP contribution in [-0.4, -0.2) is 77.8 Å². The maximum absolute atomic E-state index is 12.5. The number of nitrogens with zero attached hydrogens (tertiary/aromatic N) is 2. The highest BCUT2D eigenvalue weighted by Gasteiger charge is 2.21. The van der Waals surface area contributed by atoms with E-state index >= 15 is 0 Å². The molecule has 56 heavy (non-hydrogen) atoms. The van der Waals surface area contributed by atoms with Gasteiger partial charge in [-0.3, -0.25) is 9.59 Å². The Morgan fingerprint density at radius 2 is 1.36 bits per heavy atom. The number of nitrogens with one attached hydrogen (secondary N) is 1. The molecule has 0 radical (unpaired) electrons. The Labute approximate surface area is 333 Å². The van der Waals surface area contributed by atoms with E-state index in [9.17, 15) is 14.4 Å². The van der Waals surface area contributed by atoms with Crippen molar-refractivity contribution in [1.82, 2.24) is 10.2 Å². The summed E-state index contributed by atoms with van der Waals surface area (Å²) < 4.78 is 10.4. The number of benzene rings is 4. The lowest BCUT2D eigenvalue weighted by Crippen LogP contribution is -2.30. The highest BCUT2D eigenvalue weighted by Crippen LogP contribution is 2.24. The van der Waals surface area contributed by atoms with Gasteiger partial charge in [0.25, 0.3) is 0 Å². The third-order valence-electron chi connectivity index (χ3n) is 8.89. The van der Waals surface area contributed by atoms with E-state index in [2.05, 4.69) is 46.0 Å². The Kier molecular flexibility index (Phi) is 20.7. The fourth-order valence-electron chi connectivity index (χ4n) is 5.59. The summed E-state index contributed by atoms with van der Waals surface area (Å²) in [5.74, 6) is 0.564. The molecule has 4 aromatic rings. The summed E-state index contributed by atoms with van der Waals surface area (Å²) >= 11 is 0. The van der Waals surface area contributed by atoms with Crippen LogP contribution in [0.1, 0.15) is 41.6 Å². The molecule has 1 aliphatic rings. The standard InChI is InChI=1S/C26H25NO3.C10H17NO.C9H13NO.CH3NO/c28-18-23(14-20-8-3-1-4-9-20)16-21-10-7-11-22(15-21)17-26(30)27-25(19-29)24-12-5-2-6-13-24;1-10(12-4)7-5-9(6-8-10)11(2)3;1-10(2)8-4-6-9(11-3)7-5-8;2-1-3/h1-13,15,18-19,23,25H,14,16-17H2,(H,27,30);5-7H,8H2,1-4H3;4-7H,1-3H3;1H,(H2,2,3)/t23-,25?;;;/m1.../s1. The SMILES string of the molecule is COC1(C)C=CC(N(C)C)=CC1.COc1ccc(N(C)C)cc1.NC=O.O=CC(NC(=O)Cc1cccc(C[C@H](C=O)Cc2ccccc2)c1)c1ccccc1. The number of allylic oxidation sites excluding steroid dienone is 1. The van der Waals surface area contributed by atoms with Crippen LogP contribution < -0.4 is 20.7 Å². The number of rotatable bonds is 14. The minimum atomic E-state index is -0.660. The average Bonchev–Trinajstić information content (AvgIpc) is 3.21. The Bertz CT molecular complexity index is 1810. The Morgan fingerprint density at radius 1 is 0.786 bits per heavy atom. The van der Waals surface area contributed by atoms with E-state index in [4.69, 9.17) is 14.3 Å². The van der Waals surface area contributed by atoms with Crippen LogP contribution in [0.4, 0.5) is 5.69 Å². The van der Waals surface area contributed by atoms with Crippen molar-refractivity contribution in [3.8, 4) is 5.75 Å². The molecule has 0 aromatic heterocycles. The second-order valence-corrected chi connectivity index (χ2v) is 13.7. The van der Waals surface area contributed by atoms with Crippen molar-refractivity contribution in [2.45, 2.75) is 44.2 Å². The summed E-state index contributed by atoms with van der Waals surface area (Å²) in [5.41, 5.74) is 10.3. The summed E-state index contributed by atoms with van der Waals surface area (Å²) in [6, 6.07) is 34.1. The summed E-state index contributed by atoms with van der Waals surface area (Å²) in [4.78, 5) is 48.2. The van der Waals surface area contributed by atoms with E-state index in [0.29, 0.717) is 12.8 Å². The van der Waals surface area contributed by atoms with Gasteiger partial charge in [0.05, 0.1) is 19.1 Å². The predicted octanol–water partition coefficient (Wildman–Crippen LogP) is 6.55. The first-order valence-electron chi connectivity index (χ1n) is 18.4. The van der Waals surface area contributed by atoms with Gasteiger partial charge in [-0.15, -0.1) is 0 Å². The van der Waals surface area contributed by atoms with Crippen LogP contribution in [0.5, 0.6) is 5.75 Å². The summed E-state index contributed by atoms with van der Waals surface area (Å²) in [7, 11) is 11.5. The van der Waals surface area contributed by atoms with Crippen molar-refractivity contribution in [2.24, 2.45) is 11.7 Å². The van der Waals surface area contributed by atoms with Crippen molar-refractivity contribution in [3.05, 3.63) is 155 Å². The van der Waals surface area contributed by atoms with E-state index in [0.717, 1.165) is 47.0 Å². The maximum Gasteiger partial charge on any atom is 0.225 e. The quantitative estimate of drug-likeness (QED) is 0.139. The van der Waals surface area contributed by atoms with Crippen molar-refractivity contribution < 1.29 is 28.7 Å². The minimum absolute atomic E-state index is 0.0977. The van der Waals surface area contributed by atoms with Gasteiger partial charge in [-0.2, -0.15) is 0 Å². The number of ether oxygens (including phenoxy) is 2. The van der Waals surface area contributed by atoms with Gasteiger partial charge in [-0.1, -0.05) is 97.1 Å². The molecule has 0 spiro atoms. The topological polar surface area (TPSA) is 131 Å². The minimum Gasteiger partial charge on any atom is -0.497 e. The number of aldehydes is 2. The molecule has 2 amide bonds. The number of nitrogens with two attached hydrogens (primary N) is 1. The molecule has 3 N–H and O–H groups in total. The molecular formula is C46H58N4O6. The first-order valence-corrected chi connectivity index (χ1v) is 18.4. The highest BCUT2D eigenvalue weighted by molar-refractivity contribution is 5.82. The second-order valence-electron chi connectivity index (χ2n) is 13.7. The molecule has 0 fully saturated rings. The third-order valence-corrected chi connectivity index (χ3v) is 8.89. The maximum atomic E-state index is 12.5. The first kappa shape index (κ1) is 46.2. The number of amides is 2. The zero-order valence-electron chi connectivity index (χ0n) is 33.8. The van der Waals surface area contributed by atoms with Crippen LogP contribution in [0.25, 0.3) is 0 Å². The molecule has 0 aliphatic heterocycles. The van der Waals surface area contributed by atoms with Crippen LogP contribution in [0.2, 0.25) is 0 Å². The lowest BCUT2D eigenvalue weighted by molar-refractivity contribution is -0.123. The zero-order chi connectivity index (χ0) is 41.3. The fourth-order valence-corrected chi connectivity index (χ4v) is 5.59. The second kappa shape index (κ2) is 25.1. The molecule has 0 bridgehead atoms. The normalized spacial score (nSPS) is 14.9. The number of primary amides is 1. The van der Waals surface area contributed by atoms with E-state index < -0.39 is 6.04 Å². The lowest BCUT2D eigenvalue weighted by atomic mass is 9.93. The number of carbonyl (C=O) groups excluding carboxylic acids is 4. The molecule has 3 atom stereocenters. The molecule has 2 unspecified atom stereocenters. The molecule has 4 aromatic carbocycles. The van der Waals surface area contributed by atoms with Gasteiger partial charge < -0.3 is 39.9 Å². The van der Waals surface area contributed by atoms with E-state index in [1.165, 1.54) is 11.4 Å². The van der Waals surface area contributed by atoms with Crippen molar-refractivity contribution in [2.75, 3.05) is 47.3 Å². The number of likely N-dealkylation sites (N-methyl/N-ethyl adjacent to an activating group) is 1. The average molecular weight is 763 g/mol. The Morgan fingerprint density at radius 3 is 1.86 bits per heavy atom. The van der Waals surface area contributed by atoms with Crippen LogP contribution in [0, 0.1) is 5.92 Å². The van der Waals surface area contributed by atoms with Gasteiger partial charge in [0, 0.05) is 59.0 Å². The van der Waals surface area contributed by atoms with Crippen molar-refractivity contribution >= 4 is 30.6 Å². The molecule has 298 valence electrons. The Hall–Kier alpha value is -6.00. The number of hydrogen-bond donors (Lipinski definition) is 2. The van der Waals surface area contributed by atoms with Gasteiger partial charge in [-0.05, 0) is 72.4 Å². The van der Waals surface area contributed by atoms with E-state index in [1.54, 1.807) is 14.2 Å². The van der Waals surface area contributed by atoms with Gasteiger partial charge in [0.15, 0.2) is 0 Å². The summed E-state index contributed by atoms with van der Waals surface area (Å²) in [6.45, 7) is 2.09. The summed E-state index contributed by atoms with van der Waals surface area (Å²) in [5, 5.41) is 2.77. The third kappa shape index (κ3) is 17.0. The highest BCUT2D eigenvalue weighted by atomic mass is 16.5. The van der Waals surface area contributed by atoms with Gasteiger partial charge in [0.1, 0.15) is 24.4 Å². The van der Waals surface area contributed by atoms with E-state index in [-0.39, 0.29) is 30.3 Å². The van der Waals surface area contributed by atoms with Crippen LogP contribution in [-0.2, 0) is 43.2 Å². The van der Waals surface area contributed by atoms with Crippen LogP contribution >= 0.6 is 0 Å². The number of hydrogen-bond acceptors (Lipinski definition) is 8. The molecular weight excluding hydrogens is 705 g/mol. The van der Waals surface area contributed by atoms with Crippen LogP contribution in [0.3, 0.4) is 0 Å². The Balaban J connectivity index is 0.000000339. The molecule has 10 nitrogen and oxygen atoms in total. The summed E-state index contributed by atoms with van der Waals surface area (Å²) in [6.07, 6.45) is 10.8. The molecule has 0 saturated carbocycles. The van der Waals surface area contributed by atoms with Gasteiger partial charge in [-0.25, -0.2) is 0 Å². The van der Waals surface area contributed by atoms with Gasteiger partial charge in [0.2, 0.25) is 12.3 Å². The smallest absolute Gasteiger partial charge is 0.225 e.